The highest BCUT2D eigenvalue weighted by atomic mass is 35.5. The third-order valence-corrected chi connectivity index (χ3v) is 1.86. The molecule has 0 atom stereocenters. The predicted molar refractivity (Wildman–Crippen MR) is 62.3 cm³/mol. The highest BCUT2D eigenvalue weighted by Crippen LogP contribution is 2.14. The van der Waals surface area contributed by atoms with Crippen LogP contribution in [0.3, 0.4) is 0 Å². The molecule has 0 aliphatic rings. The van der Waals surface area contributed by atoms with Gasteiger partial charge in [0.05, 0.1) is 13.3 Å². The van der Waals surface area contributed by atoms with E-state index in [1.54, 1.807) is 6.07 Å². The molecule has 0 radical (unpaired) electrons. The quantitative estimate of drug-likeness (QED) is 0.457. The lowest BCUT2D eigenvalue weighted by molar-refractivity contribution is 0.288. The van der Waals surface area contributed by atoms with Crippen molar-refractivity contribution in [2.45, 2.75) is 0 Å². The van der Waals surface area contributed by atoms with Crippen molar-refractivity contribution in [3.05, 3.63) is 29.0 Å². The molecule has 0 unspecified atom stereocenters. The molecule has 88 valence electrons. The molecule has 0 saturated carbocycles. The zero-order valence-corrected chi connectivity index (χ0v) is 9.64. The van der Waals surface area contributed by atoms with Crippen LogP contribution in [0.15, 0.2) is 23.1 Å². The number of methoxy groups -OCH3 is 1. The van der Waals surface area contributed by atoms with Crippen molar-refractivity contribution in [2.75, 3.05) is 7.11 Å². The predicted octanol–water partition coefficient (Wildman–Crippen LogP) is 0.437. The van der Waals surface area contributed by atoms with Crippen molar-refractivity contribution in [1.82, 2.24) is 9.97 Å². The fraction of sp³-hybridized carbons (Fsp3) is 0.111. The summed E-state index contributed by atoms with van der Waals surface area (Å²) in [6.45, 7) is 0. The second-order valence-electron chi connectivity index (χ2n) is 2.77. The molecule has 8 heteroatoms. The van der Waals surface area contributed by atoms with Gasteiger partial charge in [-0.25, -0.2) is 15.0 Å². The number of nitrogens with zero attached hydrogens (tertiary/aromatic N) is 4. The van der Waals surface area contributed by atoms with E-state index in [0.29, 0.717) is 0 Å². The average Bonchev–Trinajstić information content (AvgIpc) is 2.29. The number of halogens is 1. The van der Waals surface area contributed by atoms with Gasteiger partial charge >= 0.3 is 0 Å². The van der Waals surface area contributed by atoms with Gasteiger partial charge in [0, 0.05) is 6.08 Å². The van der Waals surface area contributed by atoms with Gasteiger partial charge in [-0.05, 0) is 0 Å². The summed E-state index contributed by atoms with van der Waals surface area (Å²) in [4.78, 5) is 11.4. The summed E-state index contributed by atoms with van der Waals surface area (Å²) in [7, 11) is 1.40. The Hall–Kier alpha value is -2.33. The third-order valence-electron chi connectivity index (χ3n) is 1.59. The molecule has 0 aliphatic carbocycles. The molecule has 1 aromatic rings. The highest BCUT2D eigenvalue weighted by Gasteiger charge is 2.03. The fourth-order valence-corrected chi connectivity index (χ4v) is 1.03. The van der Waals surface area contributed by atoms with Gasteiger partial charge in [0.2, 0.25) is 0 Å². The summed E-state index contributed by atoms with van der Waals surface area (Å²) >= 11 is 5.68. The first-order valence-electron chi connectivity index (χ1n) is 4.34. The van der Waals surface area contributed by atoms with E-state index >= 15 is 0 Å². The van der Waals surface area contributed by atoms with E-state index in [9.17, 15) is 0 Å². The van der Waals surface area contributed by atoms with Gasteiger partial charge in [0.1, 0.15) is 11.9 Å². The number of nitrogens with two attached hydrogens (primary N) is 2. The molecule has 7 nitrogen and oxygen atoms in total. The van der Waals surface area contributed by atoms with E-state index in [1.807, 2.05) is 0 Å². The second-order valence-corrected chi connectivity index (χ2v) is 3.12. The molecule has 0 fully saturated rings. The fourth-order valence-electron chi connectivity index (χ4n) is 0.856. The van der Waals surface area contributed by atoms with Crippen molar-refractivity contribution in [3.8, 4) is 6.07 Å². The first-order chi connectivity index (χ1) is 8.06. The van der Waals surface area contributed by atoms with Gasteiger partial charge in [-0.1, -0.05) is 11.6 Å². The lowest BCUT2D eigenvalue weighted by atomic mass is 10.5. The maximum absolute atomic E-state index is 8.60. The molecule has 0 amide bonds. The molecule has 1 rings (SSSR count). The van der Waals surface area contributed by atoms with Gasteiger partial charge in [-0.3, -0.25) is 0 Å². The first kappa shape index (κ1) is 12.7. The minimum absolute atomic E-state index is 0.0242. The van der Waals surface area contributed by atoms with Crippen LogP contribution in [0.4, 0.5) is 5.82 Å². The summed E-state index contributed by atoms with van der Waals surface area (Å²) in [6.07, 6.45) is 2.59. The van der Waals surface area contributed by atoms with Crippen molar-refractivity contribution < 1.29 is 4.74 Å². The minimum Gasteiger partial charge on any atom is -0.483 e. The number of hydrogen-bond donors (Lipinski definition) is 2. The van der Waals surface area contributed by atoms with E-state index in [1.165, 1.54) is 19.4 Å². The molecular formula is C9H9ClN6O. The van der Waals surface area contributed by atoms with E-state index in [0.717, 1.165) is 0 Å². The van der Waals surface area contributed by atoms with Gasteiger partial charge in [-0.2, -0.15) is 5.26 Å². The summed E-state index contributed by atoms with van der Waals surface area (Å²) in [5, 5.41) is 8.57. The Morgan fingerprint density at radius 1 is 1.65 bits per heavy atom. The highest BCUT2D eigenvalue weighted by molar-refractivity contribution is 6.30. The maximum Gasteiger partial charge on any atom is 0.187 e. The van der Waals surface area contributed by atoms with E-state index in [-0.39, 0.29) is 28.4 Å². The van der Waals surface area contributed by atoms with Gasteiger partial charge in [-0.15, -0.1) is 0 Å². The van der Waals surface area contributed by atoms with Crippen molar-refractivity contribution in [1.29, 1.82) is 5.26 Å². The van der Waals surface area contributed by atoms with Crippen LogP contribution in [0, 0.1) is 11.3 Å². The average molecular weight is 253 g/mol. The number of rotatable bonds is 3. The number of nitriles is 1. The SMILES string of the molecule is CO/C(N)=C/C(N)=N\c1cnc(C#N)c(Cl)n1. The van der Waals surface area contributed by atoms with Crippen LogP contribution in [-0.4, -0.2) is 22.9 Å². The zero-order chi connectivity index (χ0) is 12.8. The lowest BCUT2D eigenvalue weighted by Crippen LogP contribution is -2.12. The molecule has 0 aliphatic heterocycles. The number of aromatic nitrogens is 2. The standard InChI is InChI=1S/C9H9ClN6O/c1-17-7(13)2-6(12)15-8-4-14-5(3-11)9(10)16-8/h2,4H,13H2,1H3,(H2,12,15,16)/b7-2+. The molecule has 0 saturated heterocycles. The summed E-state index contributed by atoms with van der Waals surface area (Å²) in [6, 6.07) is 1.78. The minimum atomic E-state index is -0.0368. The van der Waals surface area contributed by atoms with Crippen LogP contribution in [0.1, 0.15) is 5.69 Å². The molecule has 0 aromatic carbocycles. The third kappa shape index (κ3) is 3.62. The molecule has 0 spiro atoms. The Morgan fingerprint density at radius 2 is 2.35 bits per heavy atom. The molecular weight excluding hydrogens is 244 g/mol. The first-order valence-corrected chi connectivity index (χ1v) is 4.72. The van der Waals surface area contributed by atoms with E-state index in [2.05, 4.69) is 15.0 Å². The Kier molecular flexibility index (Phi) is 4.25. The normalized spacial score (nSPS) is 12.1. The number of ether oxygens (including phenoxy) is 1. The lowest BCUT2D eigenvalue weighted by Gasteiger charge is -1.99. The molecule has 17 heavy (non-hydrogen) atoms. The molecule has 1 aromatic heterocycles. The van der Waals surface area contributed by atoms with Crippen LogP contribution >= 0.6 is 11.6 Å². The molecule has 0 bridgehead atoms. The smallest absolute Gasteiger partial charge is 0.187 e. The Bertz CT molecular complexity index is 519. The van der Waals surface area contributed by atoms with Gasteiger partial charge in [0.15, 0.2) is 22.5 Å². The molecule has 1 heterocycles. The number of aliphatic imine (C=N–C) groups is 1. The summed E-state index contributed by atoms with van der Waals surface area (Å²) in [5.41, 5.74) is 10.9. The largest absolute Gasteiger partial charge is 0.483 e. The van der Waals surface area contributed by atoms with Gasteiger partial charge < -0.3 is 16.2 Å². The van der Waals surface area contributed by atoms with Crippen LogP contribution in [-0.2, 0) is 4.74 Å². The van der Waals surface area contributed by atoms with Crippen LogP contribution in [0.25, 0.3) is 0 Å². The zero-order valence-electron chi connectivity index (χ0n) is 8.88. The summed E-state index contributed by atoms with van der Waals surface area (Å²) < 4.78 is 4.69. The number of amidine groups is 1. The van der Waals surface area contributed by atoms with Crippen LogP contribution < -0.4 is 11.5 Å². The van der Waals surface area contributed by atoms with E-state index in [4.69, 9.17) is 33.1 Å². The molecule has 4 N–H and O–H groups in total. The second kappa shape index (κ2) is 5.67. The van der Waals surface area contributed by atoms with Crippen LogP contribution in [0.5, 0.6) is 0 Å². The van der Waals surface area contributed by atoms with Gasteiger partial charge in [0.25, 0.3) is 0 Å². The number of hydrogen-bond acceptors (Lipinski definition) is 6. The van der Waals surface area contributed by atoms with Crippen molar-refractivity contribution >= 4 is 23.3 Å². The Morgan fingerprint density at radius 3 is 2.88 bits per heavy atom. The van der Waals surface area contributed by atoms with Crippen molar-refractivity contribution in [3.63, 3.8) is 0 Å². The van der Waals surface area contributed by atoms with Crippen LogP contribution in [0.2, 0.25) is 5.15 Å². The van der Waals surface area contributed by atoms with E-state index < -0.39 is 0 Å². The Labute approximate surface area is 102 Å². The van der Waals surface area contributed by atoms with Crippen molar-refractivity contribution in [2.24, 2.45) is 16.5 Å². The monoisotopic (exact) mass is 252 g/mol. The topological polar surface area (TPSA) is 123 Å². The maximum atomic E-state index is 8.60. The summed E-state index contributed by atoms with van der Waals surface area (Å²) in [5.74, 6) is 0.366. The Balaban J connectivity index is 3.00.